The first-order valence-electron chi connectivity index (χ1n) is 7.37. The van der Waals surface area contributed by atoms with Gasteiger partial charge in [0.05, 0.1) is 6.61 Å². The molecule has 0 bridgehead atoms. The summed E-state index contributed by atoms with van der Waals surface area (Å²) in [6.45, 7) is 3.08. The summed E-state index contributed by atoms with van der Waals surface area (Å²) in [5.74, 6) is -0.510. The average molecular weight is 355 g/mol. The highest BCUT2D eigenvalue weighted by atomic mass is 32.2. The number of carbonyl (C=O) groups is 1. The van der Waals surface area contributed by atoms with E-state index in [1.165, 1.54) is 27.7 Å². The molecule has 1 aliphatic rings. The fraction of sp³-hybridized carbons (Fsp3) is 0.571. The molecule has 1 aliphatic heterocycles. The quantitative estimate of drug-likeness (QED) is 0.613. The second-order valence-electron chi connectivity index (χ2n) is 5.01. The minimum atomic E-state index is -0.572. The summed E-state index contributed by atoms with van der Waals surface area (Å²) >= 11 is 2.76. The van der Waals surface area contributed by atoms with E-state index in [-0.39, 0.29) is 24.0 Å². The van der Waals surface area contributed by atoms with E-state index in [1.54, 1.807) is 6.92 Å². The molecule has 0 saturated carbocycles. The van der Waals surface area contributed by atoms with Crippen LogP contribution in [0.15, 0.2) is 9.13 Å². The zero-order chi connectivity index (χ0) is 16.4. The molecular weight excluding hydrogens is 338 g/mol. The van der Waals surface area contributed by atoms with Crippen molar-refractivity contribution < 1.29 is 14.3 Å². The van der Waals surface area contributed by atoms with Gasteiger partial charge in [-0.2, -0.15) is 0 Å². The molecule has 0 aliphatic carbocycles. The SMILES string of the molecule is CCOC(=O)c1nc2sc(SC)nc2c(=O)n1C1CCOCC1. The molecule has 0 spiro atoms. The first-order valence-corrected chi connectivity index (χ1v) is 9.41. The molecule has 3 heterocycles. The molecule has 2 aromatic rings. The Labute approximate surface area is 141 Å². The van der Waals surface area contributed by atoms with Gasteiger partial charge in [-0.15, -0.1) is 0 Å². The number of nitrogens with zero attached hydrogens (tertiary/aromatic N) is 3. The number of carbonyl (C=O) groups excluding carboxylic acids is 1. The molecule has 2 aromatic heterocycles. The lowest BCUT2D eigenvalue weighted by Gasteiger charge is -2.25. The minimum absolute atomic E-state index is 0.0625. The molecule has 0 unspecified atom stereocenters. The van der Waals surface area contributed by atoms with Gasteiger partial charge in [0.2, 0.25) is 5.82 Å². The van der Waals surface area contributed by atoms with Gasteiger partial charge >= 0.3 is 5.97 Å². The van der Waals surface area contributed by atoms with Crippen molar-refractivity contribution >= 4 is 39.4 Å². The van der Waals surface area contributed by atoms with Gasteiger partial charge in [0.25, 0.3) is 5.56 Å². The Balaban J connectivity index is 2.19. The van der Waals surface area contributed by atoms with Crippen LogP contribution in [0.5, 0.6) is 0 Å². The van der Waals surface area contributed by atoms with Gasteiger partial charge in [-0.05, 0) is 26.0 Å². The van der Waals surface area contributed by atoms with Crippen LogP contribution in [-0.2, 0) is 9.47 Å². The van der Waals surface area contributed by atoms with E-state index in [0.717, 1.165) is 4.34 Å². The third kappa shape index (κ3) is 3.13. The zero-order valence-electron chi connectivity index (χ0n) is 12.9. The van der Waals surface area contributed by atoms with E-state index in [2.05, 4.69) is 9.97 Å². The summed E-state index contributed by atoms with van der Waals surface area (Å²) in [6.07, 6.45) is 3.22. The second kappa shape index (κ2) is 6.98. The minimum Gasteiger partial charge on any atom is -0.460 e. The summed E-state index contributed by atoms with van der Waals surface area (Å²) in [5.41, 5.74) is 0.0420. The molecule has 124 valence electrons. The van der Waals surface area contributed by atoms with Crippen LogP contribution in [0.2, 0.25) is 0 Å². The molecule has 7 nitrogen and oxygen atoms in total. The second-order valence-corrected chi connectivity index (χ2v) is 7.04. The van der Waals surface area contributed by atoms with Gasteiger partial charge in [0.15, 0.2) is 14.7 Å². The number of aromatic nitrogens is 3. The van der Waals surface area contributed by atoms with Crippen LogP contribution in [0.1, 0.15) is 36.4 Å². The predicted molar refractivity (Wildman–Crippen MR) is 88.5 cm³/mol. The van der Waals surface area contributed by atoms with Crippen molar-refractivity contribution in [2.75, 3.05) is 26.1 Å². The maximum Gasteiger partial charge on any atom is 0.374 e. The Morgan fingerprint density at radius 1 is 1.43 bits per heavy atom. The number of fused-ring (bicyclic) bond motifs is 1. The van der Waals surface area contributed by atoms with E-state index in [4.69, 9.17) is 9.47 Å². The van der Waals surface area contributed by atoms with Crippen LogP contribution in [-0.4, -0.2) is 46.6 Å². The first kappa shape index (κ1) is 16.4. The van der Waals surface area contributed by atoms with Crippen LogP contribution in [0.25, 0.3) is 10.3 Å². The molecule has 0 atom stereocenters. The van der Waals surface area contributed by atoms with Crippen LogP contribution in [0, 0.1) is 0 Å². The molecule has 0 radical (unpaired) electrons. The lowest BCUT2D eigenvalue weighted by Crippen LogP contribution is -2.34. The van der Waals surface area contributed by atoms with E-state index in [0.29, 0.717) is 36.4 Å². The molecule has 3 rings (SSSR count). The van der Waals surface area contributed by atoms with Crippen molar-refractivity contribution in [3.63, 3.8) is 0 Å². The zero-order valence-corrected chi connectivity index (χ0v) is 14.5. The van der Waals surface area contributed by atoms with Gasteiger partial charge < -0.3 is 9.47 Å². The number of hydrogen-bond donors (Lipinski definition) is 0. The average Bonchev–Trinajstić information content (AvgIpc) is 2.99. The molecule has 23 heavy (non-hydrogen) atoms. The number of ether oxygens (including phenoxy) is 2. The Morgan fingerprint density at radius 3 is 2.83 bits per heavy atom. The summed E-state index contributed by atoms with van der Waals surface area (Å²) in [5, 5.41) is 0. The normalized spacial score (nSPS) is 15.9. The predicted octanol–water partition coefficient (Wildman–Crippen LogP) is 2.10. The molecular formula is C14H17N3O4S2. The fourth-order valence-electron chi connectivity index (χ4n) is 2.58. The lowest BCUT2D eigenvalue weighted by molar-refractivity contribution is 0.0465. The molecule has 0 N–H and O–H groups in total. The molecule has 0 amide bonds. The van der Waals surface area contributed by atoms with Crippen molar-refractivity contribution in [3.05, 3.63) is 16.2 Å². The van der Waals surface area contributed by atoms with E-state index in [1.807, 2.05) is 6.26 Å². The number of hydrogen-bond acceptors (Lipinski definition) is 8. The smallest absolute Gasteiger partial charge is 0.374 e. The number of thioether (sulfide) groups is 1. The largest absolute Gasteiger partial charge is 0.460 e. The topological polar surface area (TPSA) is 83.3 Å². The third-order valence-corrected chi connectivity index (χ3v) is 5.57. The highest BCUT2D eigenvalue weighted by Crippen LogP contribution is 2.27. The first-order chi connectivity index (χ1) is 11.2. The molecule has 1 fully saturated rings. The van der Waals surface area contributed by atoms with E-state index >= 15 is 0 Å². The lowest BCUT2D eigenvalue weighted by atomic mass is 10.1. The van der Waals surface area contributed by atoms with Crippen molar-refractivity contribution in [1.29, 1.82) is 0 Å². The van der Waals surface area contributed by atoms with E-state index < -0.39 is 5.97 Å². The monoisotopic (exact) mass is 355 g/mol. The number of esters is 1. The number of rotatable bonds is 4. The molecule has 9 heteroatoms. The highest BCUT2D eigenvalue weighted by Gasteiger charge is 2.27. The van der Waals surface area contributed by atoms with Crippen LogP contribution < -0.4 is 5.56 Å². The highest BCUT2D eigenvalue weighted by molar-refractivity contribution is 8.00. The maximum atomic E-state index is 12.9. The Hall–Kier alpha value is -1.45. The van der Waals surface area contributed by atoms with Crippen LogP contribution in [0.3, 0.4) is 0 Å². The Morgan fingerprint density at radius 2 is 2.17 bits per heavy atom. The molecule has 1 saturated heterocycles. The summed E-state index contributed by atoms with van der Waals surface area (Å²) in [6, 6.07) is -0.119. The van der Waals surface area contributed by atoms with Gasteiger partial charge in [0.1, 0.15) is 0 Å². The van der Waals surface area contributed by atoms with Crippen LogP contribution in [0.4, 0.5) is 0 Å². The standard InChI is InChI=1S/C14H17N3O4S2/c1-3-21-13(19)10-16-11-9(15-14(22-2)23-11)12(18)17(10)8-4-6-20-7-5-8/h8H,3-7H2,1-2H3. The summed E-state index contributed by atoms with van der Waals surface area (Å²) in [4.78, 5) is 34.4. The number of thiazole rings is 1. The summed E-state index contributed by atoms with van der Waals surface area (Å²) in [7, 11) is 0. The Kier molecular flexibility index (Phi) is 4.98. The van der Waals surface area contributed by atoms with Gasteiger partial charge in [-0.1, -0.05) is 23.1 Å². The van der Waals surface area contributed by atoms with Gasteiger partial charge in [-0.25, -0.2) is 14.8 Å². The van der Waals surface area contributed by atoms with Gasteiger partial charge in [-0.3, -0.25) is 9.36 Å². The van der Waals surface area contributed by atoms with Crippen LogP contribution >= 0.6 is 23.1 Å². The Bertz CT molecular complexity index is 780. The van der Waals surface area contributed by atoms with Crippen molar-refractivity contribution in [2.45, 2.75) is 30.1 Å². The van der Waals surface area contributed by atoms with Gasteiger partial charge in [0, 0.05) is 19.3 Å². The summed E-state index contributed by atoms with van der Waals surface area (Å²) < 4.78 is 12.6. The fourth-order valence-corrected chi connectivity index (χ4v) is 3.99. The third-order valence-electron chi connectivity index (χ3n) is 3.64. The van der Waals surface area contributed by atoms with Crippen molar-refractivity contribution in [3.8, 4) is 0 Å². The maximum absolute atomic E-state index is 12.9. The van der Waals surface area contributed by atoms with Crippen molar-refractivity contribution in [1.82, 2.24) is 14.5 Å². The van der Waals surface area contributed by atoms with E-state index in [9.17, 15) is 9.59 Å². The molecule has 0 aromatic carbocycles. The van der Waals surface area contributed by atoms with Crippen molar-refractivity contribution in [2.24, 2.45) is 0 Å².